The summed E-state index contributed by atoms with van der Waals surface area (Å²) >= 11 is 5.07. The van der Waals surface area contributed by atoms with Gasteiger partial charge in [-0.2, -0.15) is 0 Å². The molecule has 0 radical (unpaired) electrons. The Morgan fingerprint density at radius 3 is 2.55 bits per heavy atom. The number of thiocarbonyl (C=S) groups is 1. The van der Waals surface area contributed by atoms with Crippen LogP contribution >= 0.6 is 12.2 Å². The first-order valence-corrected chi connectivity index (χ1v) is 6.82. The quantitative estimate of drug-likeness (QED) is 0.849. The molecule has 0 aliphatic heterocycles. The van der Waals surface area contributed by atoms with E-state index >= 15 is 0 Å². The standard InChI is InChI=1S/C16H17NO2S/c1-3-18-12-7-5-8-13(10-12)19-15-11(2)6-4-9-14(15)16(17)20/h4-10H,3H2,1-2H3,(H2,17,20). The maximum atomic E-state index is 5.94. The van der Waals surface area contributed by atoms with Crippen molar-refractivity contribution in [3.63, 3.8) is 0 Å². The van der Waals surface area contributed by atoms with Gasteiger partial charge in [0.2, 0.25) is 0 Å². The van der Waals surface area contributed by atoms with Gasteiger partial charge in [-0.3, -0.25) is 0 Å². The van der Waals surface area contributed by atoms with E-state index in [1.165, 1.54) is 0 Å². The molecule has 0 fully saturated rings. The van der Waals surface area contributed by atoms with Crippen molar-refractivity contribution in [3.05, 3.63) is 53.6 Å². The third-order valence-corrected chi connectivity index (χ3v) is 3.03. The van der Waals surface area contributed by atoms with E-state index in [4.69, 9.17) is 27.4 Å². The molecule has 0 saturated heterocycles. The van der Waals surface area contributed by atoms with Gasteiger partial charge < -0.3 is 15.2 Å². The number of ether oxygens (including phenoxy) is 2. The fourth-order valence-corrected chi connectivity index (χ4v) is 2.05. The van der Waals surface area contributed by atoms with E-state index in [-0.39, 0.29) is 0 Å². The molecule has 0 heterocycles. The molecule has 2 aromatic rings. The first kappa shape index (κ1) is 14.3. The molecule has 0 aliphatic carbocycles. The topological polar surface area (TPSA) is 44.5 Å². The summed E-state index contributed by atoms with van der Waals surface area (Å²) in [6, 6.07) is 13.2. The average molecular weight is 287 g/mol. The smallest absolute Gasteiger partial charge is 0.140 e. The summed E-state index contributed by atoms with van der Waals surface area (Å²) in [6.45, 7) is 4.52. The monoisotopic (exact) mass is 287 g/mol. The second-order valence-corrected chi connectivity index (χ2v) is 4.77. The van der Waals surface area contributed by atoms with Crippen LogP contribution in [-0.4, -0.2) is 11.6 Å². The average Bonchev–Trinajstić information content (AvgIpc) is 2.41. The number of hydrogen-bond donors (Lipinski definition) is 1. The Balaban J connectivity index is 2.34. The summed E-state index contributed by atoms with van der Waals surface area (Å²) < 4.78 is 11.4. The van der Waals surface area contributed by atoms with Crippen LogP contribution in [0.25, 0.3) is 0 Å². The second-order valence-electron chi connectivity index (χ2n) is 4.33. The summed E-state index contributed by atoms with van der Waals surface area (Å²) in [7, 11) is 0. The largest absolute Gasteiger partial charge is 0.494 e. The third-order valence-electron chi connectivity index (χ3n) is 2.81. The normalized spacial score (nSPS) is 10.1. The van der Waals surface area contributed by atoms with Crippen LogP contribution in [0, 0.1) is 6.92 Å². The van der Waals surface area contributed by atoms with Crippen LogP contribution < -0.4 is 15.2 Å². The lowest BCUT2D eigenvalue weighted by Gasteiger charge is -2.13. The highest BCUT2D eigenvalue weighted by Gasteiger charge is 2.10. The predicted molar refractivity (Wildman–Crippen MR) is 84.8 cm³/mol. The van der Waals surface area contributed by atoms with Crippen molar-refractivity contribution in [2.24, 2.45) is 5.73 Å². The van der Waals surface area contributed by atoms with Gasteiger partial charge in [-0.15, -0.1) is 0 Å². The van der Waals surface area contributed by atoms with Crippen molar-refractivity contribution in [1.29, 1.82) is 0 Å². The van der Waals surface area contributed by atoms with Crippen molar-refractivity contribution >= 4 is 17.2 Å². The zero-order valence-electron chi connectivity index (χ0n) is 11.6. The van der Waals surface area contributed by atoms with Gasteiger partial charge in [-0.1, -0.05) is 30.4 Å². The minimum Gasteiger partial charge on any atom is -0.494 e. The zero-order chi connectivity index (χ0) is 14.5. The Kier molecular flexibility index (Phi) is 4.58. The molecule has 0 aromatic heterocycles. The Labute approximate surface area is 124 Å². The summed E-state index contributed by atoms with van der Waals surface area (Å²) in [5, 5.41) is 0. The van der Waals surface area contributed by atoms with Crippen LogP contribution in [0.5, 0.6) is 17.2 Å². The highest BCUT2D eigenvalue weighted by molar-refractivity contribution is 7.80. The summed E-state index contributed by atoms with van der Waals surface area (Å²) in [6.07, 6.45) is 0. The lowest BCUT2D eigenvalue weighted by Crippen LogP contribution is -2.11. The first-order valence-electron chi connectivity index (χ1n) is 6.42. The molecule has 0 atom stereocenters. The fraction of sp³-hybridized carbons (Fsp3) is 0.188. The van der Waals surface area contributed by atoms with Crippen LogP contribution in [0.15, 0.2) is 42.5 Å². The molecule has 2 rings (SSSR count). The van der Waals surface area contributed by atoms with E-state index in [9.17, 15) is 0 Å². The molecule has 0 bridgehead atoms. The molecule has 0 unspecified atom stereocenters. The molecule has 3 nitrogen and oxygen atoms in total. The predicted octanol–water partition coefficient (Wildman–Crippen LogP) is 3.82. The van der Waals surface area contributed by atoms with Gasteiger partial charge in [0.15, 0.2) is 0 Å². The molecule has 104 valence electrons. The lowest BCUT2D eigenvalue weighted by atomic mass is 10.1. The fourth-order valence-electron chi connectivity index (χ4n) is 1.89. The van der Waals surface area contributed by atoms with Gasteiger partial charge >= 0.3 is 0 Å². The number of benzene rings is 2. The Morgan fingerprint density at radius 2 is 1.85 bits per heavy atom. The Morgan fingerprint density at radius 1 is 1.15 bits per heavy atom. The molecule has 0 spiro atoms. The maximum absolute atomic E-state index is 5.94. The SMILES string of the molecule is CCOc1cccc(Oc2c(C)cccc2C(N)=S)c1. The van der Waals surface area contributed by atoms with Gasteiger partial charge in [0.1, 0.15) is 22.2 Å². The first-order chi connectivity index (χ1) is 9.61. The van der Waals surface area contributed by atoms with E-state index < -0.39 is 0 Å². The van der Waals surface area contributed by atoms with E-state index in [1.807, 2.05) is 56.3 Å². The van der Waals surface area contributed by atoms with Gasteiger partial charge in [0.05, 0.1) is 12.2 Å². The lowest BCUT2D eigenvalue weighted by molar-refractivity contribution is 0.338. The van der Waals surface area contributed by atoms with E-state index in [0.29, 0.717) is 23.1 Å². The highest BCUT2D eigenvalue weighted by Crippen LogP contribution is 2.30. The number of nitrogens with two attached hydrogens (primary N) is 1. The Hall–Kier alpha value is -2.07. The van der Waals surface area contributed by atoms with Gasteiger partial charge in [-0.05, 0) is 37.6 Å². The van der Waals surface area contributed by atoms with Crippen molar-refractivity contribution in [3.8, 4) is 17.2 Å². The van der Waals surface area contributed by atoms with E-state index in [0.717, 1.165) is 16.9 Å². The van der Waals surface area contributed by atoms with Gasteiger partial charge in [0, 0.05) is 6.07 Å². The molecular weight excluding hydrogens is 270 g/mol. The molecule has 0 aliphatic rings. The van der Waals surface area contributed by atoms with Crippen molar-refractivity contribution in [1.82, 2.24) is 0 Å². The van der Waals surface area contributed by atoms with Crippen LogP contribution in [0.1, 0.15) is 18.1 Å². The molecule has 2 aromatic carbocycles. The van der Waals surface area contributed by atoms with Crippen molar-refractivity contribution in [2.75, 3.05) is 6.61 Å². The Bertz CT molecular complexity index is 626. The van der Waals surface area contributed by atoms with Gasteiger partial charge in [0.25, 0.3) is 0 Å². The third kappa shape index (κ3) is 3.27. The van der Waals surface area contributed by atoms with Gasteiger partial charge in [-0.25, -0.2) is 0 Å². The van der Waals surface area contributed by atoms with Crippen molar-refractivity contribution in [2.45, 2.75) is 13.8 Å². The minimum absolute atomic E-state index is 0.324. The van der Waals surface area contributed by atoms with Crippen molar-refractivity contribution < 1.29 is 9.47 Å². The summed E-state index contributed by atoms with van der Waals surface area (Å²) in [5.41, 5.74) is 7.46. The van der Waals surface area contributed by atoms with E-state index in [2.05, 4.69) is 0 Å². The number of aryl methyl sites for hydroxylation is 1. The molecule has 0 amide bonds. The van der Waals surface area contributed by atoms with Crippen LogP contribution in [0.4, 0.5) is 0 Å². The zero-order valence-corrected chi connectivity index (χ0v) is 12.4. The number of rotatable bonds is 5. The summed E-state index contributed by atoms with van der Waals surface area (Å²) in [4.78, 5) is 0.324. The molecule has 2 N–H and O–H groups in total. The number of hydrogen-bond acceptors (Lipinski definition) is 3. The molecular formula is C16H17NO2S. The van der Waals surface area contributed by atoms with Crippen LogP contribution in [0.3, 0.4) is 0 Å². The number of para-hydroxylation sites is 1. The minimum atomic E-state index is 0.324. The summed E-state index contributed by atoms with van der Waals surface area (Å²) in [5.74, 6) is 2.16. The molecule has 20 heavy (non-hydrogen) atoms. The van der Waals surface area contributed by atoms with Crippen LogP contribution in [0.2, 0.25) is 0 Å². The van der Waals surface area contributed by atoms with Crippen LogP contribution in [-0.2, 0) is 0 Å². The highest BCUT2D eigenvalue weighted by atomic mass is 32.1. The second kappa shape index (κ2) is 6.39. The molecule has 4 heteroatoms. The maximum Gasteiger partial charge on any atom is 0.140 e. The van der Waals surface area contributed by atoms with E-state index in [1.54, 1.807) is 0 Å². The molecule has 0 saturated carbocycles.